The number of piperidine rings is 1. The van der Waals surface area contributed by atoms with Crippen molar-refractivity contribution in [1.29, 1.82) is 0 Å². The van der Waals surface area contributed by atoms with Gasteiger partial charge in [-0.05, 0) is 73.9 Å². The summed E-state index contributed by atoms with van der Waals surface area (Å²) in [6, 6.07) is 19.1. The maximum Gasteiger partial charge on any atom is 0.225 e. The molecule has 0 saturated carbocycles. The van der Waals surface area contributed by atoms with Crippen LogP contribution in [0.4, 0.5) is 5.82 Å². The van der Waals surface area contributed by atoms with Crippen LogP contribution in [0.25, 0.3) is 21.3 Å². The van der Waals surface area contributed by atoms with Crippen molar-refractivity contribution in [2.75, 3.05) is 24.6 Å². The second-order valence-electron chi connectivity index (χ2n) is 8.61. The van der Waals surface area contributed by atoms with Gasteiger partial charge in [0.25, 0.3) is 0 Å². The lowest BCUT2D eigenvalue weighted by molar-refractivity contribution is 0.340. The van der Waals surface area contributed by atoms with Gasteiger partial charge in [-0.3, -0.25) is 0 Å². The molecule has 4 aromatic rings. The van der Waals surface area contributed by atoms with E-state index in [1.807, 2.05) is 19.1 Å². The third-order valence-electron chi connectivity index (χ3n) is 6.42. The van der Waals surface area contributed by atoms with Crippen LogP contribution >= 0.6 is 22.9 Å². The maximum absolute atomic E-state index is 6.38. The summed E-state index contributed by atoms with van der Waals surface area (Å²) in [4.78, 5) is 13.9. The average molecular weight is 478 g/mol. The molecular formula is C27H28ClN3OS. The van der Waals surface area contributed by atoms with Gasteiger partial charge in [0, 0.05) is 23.5 Å². The topological polar surface area (TPSA) is 38.3 Å². The summed E-state index contributed by atoms with van der Waals surface area (Å²) in [6.45, 7) is 6.79. The highest BCUT2D eigenvalue weighted by Crippen LogP contribution is 2.43. The van der Waals surface area contributed by atoms with Gasteiger partial charge in [0.15, 0.2) is 0 Å². The van der Waals surface area contributed by atoms with Crippen LogP contribution in [0.5, 0.6) is 5.75 Å². The van der Waals surface area contributed by atoms with Crippen LogP contribution in [0, 0.1) is 12.8 Å². The molecule has 0 N–H and O–H groups in total. The number of aryl methyl sites for hydroxylation is 1. The number of nitrogens with zero attached hydrogens (tertiary/aromatic N) is 3. The Hall–Kier alpha value is -2.63. The molecule has 2 aromatic heterocycles. The standard InChI is InChI=1S/C27H28ClN3OS/c1-3-32-22-11-9-21(10-12-22)23-18(2)33-26-24(23)25(29-27(28)30-26)31-15-13-20(14-16-31)17-19-7-5-4-6-8-19/h4-12,20H,3,13-17H2,1-2H3. The molecule has 0 atom stereocenters. The lowest BCUT2D eigenvalue weighted by Gasteiger charge is -2.33. The average Bonchev–Trinajstić information content (AvgIpc) is 3.16. The number of anilines is 1. The first-order chi connectivity index (χ1) is 16.1. The monoisotopic (exact) mass is 477 g/mol. The van der Waals surface area contributed by atoms with Crippen molar-refractivity contribution in [3.63, 3.8) is 0 Å². The zero-order valence-electron chi connectivity index (χ0n) is 19.1. The Morgan fingerprint density at radius 2 is 1.76 bits per heavy atom. The van der Waals surface area contributed by atoms with Crippen LogP contribution < -0.4 is 9.64 Å². The Bertz CT molecular complexity index is 1230. The lowest BCUT2D eigenvalue weighted by Crippen LogP contribution is -2.35. The molecule has 3 heterocycles. The van der Waals surface area contributed by atoms with Crippen molar-refractivity contribution in [3.8, 4) is 16.9 Å². The van der Waals surface area contributed by atoms with Crippen LogP contribution in [-0.2, 0) is 6.42 Å². The van der Waals surface area contributed by atoms with Gasteiger partial charge in [0.1, 0.15) is 16.4 Å². The molecule has 0 bridgehead atoms. The Balaban J connectivity index is 1.45. The molecule has 33 heavy (non-hydrogen) atoms. The van der Waals surface area contributed by atoms with E-state index >= 15 is 0 Å². The molecule has 1 aliphatic heterocycles. The minimum Gasteiger partial charge on any atom is -0.494 e. The van der Waals surface area contributed by atoms with Crippen LogP contribution in [0.3, 0.4) is 0 Å². The fraction of sp³-hybridized carbons (Fsp3) is 0.333. The quantitative estimate of drug-likeness (QED) is 0.276. The molecule has 2 aromatic carbocycles. The van der Waals surface area contributed by atoms with E-state index in [0.29, 0.717) is 17.8 Å². The SMILES string of the molecule is CCOc1ccc(-c2c(C)sc3nc(Cl)nc(N4CCC(Cc5ccccc5)CC4)c23)cc1. The second kappa shape index (κ2) is 9.70. The van der Waals surface area contributed by atoms with E-state index in [1.54, 1.807) is 11.3 Å². The fourth-order valence-electron chi connectivity index (χ4n) is 4.83. The van der Waals surface area contributed by atoms with E-state index in [9.17, 15) is 0 Å². The van der Waals surface area contributed by atoms with Gasteiger partial charge in [0.2, 0.25) is 5.28 Å². The minimum absolute atomic E-state index is 0.323. The predicted molar refractivity (Wildman–Crippen MR) is 139 cm³/mol. The van der Waals surface area contributed by atoms with Crippen molar-refractivity contribution in [1.82, 2.24) is 9.97 Å². The van der Waals surface area contributed by atoms with Crippen molar-refractivity contribution in [3.05, 3.63) is 70.3 Å². The Labute approximate surface area is 204 Å². The minimum atomic E-state index is 0.323. The van der Waals surface area contributed by atoms with Crippen LogP contribution in [0.15, 0.2) is 54.6 Å². The second-order valence-corrected chi connectivity index (χ2v) is 10.1. The highest BCUT2D eigenvalue weighted by molar-refractivity contribution is 7.19. The van der Waals surface area contributed by atoms with E-state index in [2.05, 4.69) is 59.3 Å². The smallest absolute Gasteiger partial charge is 0.225 e. The third kappa shape index (κ3) is 4.71. The number of hydrogen-bond donors (Lipinski definition) is 0. The number of rotatable bonds is 6. The van der Waals surface area contributed by atoms with Gasteiger partial charge in [-0.2, -0.15) is 4.98 Å². The van der Waals surface area contributed by atoms with Gasteiger partial charge in [-0.15, -0.1) is 11.3 Å². The first kappa shape index (κ1) is 22.2. The van der Waals surface area contributed by atoms with E-state index in [-0.39, 0.29) is 0 Å². The number of thiophene rings is 1. The Morgan fingerprint density at radius 3 is 2.45 bits per heavy atom. The van der Waals surface area contributed by atoms with Crippen LogP contribution in [0.1, 0.15) is 30.2 Å². The largest absolute Gasteiger partial charge is 0.494 e. The number of halogens is 1. The number of fused-ring (bicyclic) bond motifs is 1. The van der Waals surface area contributed by atoms with E-state index in [4.69, 9.17) is 21.3 Å². The van der Waals surface area contributed by atoms with Gasteiger partial charge >= 0.3 is 0 Å². The summed E-state index contributed by atoms with van der Waals surface area (Å²) in [7, 11) is 0. The summed E-state index contributed by atoms with van der Waals surface area (Å²) in [5.41, 5.74) is 3.79. The molecule has 5 rings (SSSR count). The van der Waals surface area contributed by atoms with Crippen molar-refractivity contribution >= 4 is 39.0 Å². The number of aromatic nitrogens is 2. The molecule has 0 spiro atoms. The summed E-state index contributed by atoms with van der Waals surface area (Å²) >= 11 is 8.07. The summed E-state index contributed by atoms with van der Waals surface area (Å²) in [5.74, 6) is 2.56. The van der Waals surface area contributed by atoms with Gasteiger partial charge < -0.3 is 9.64 Å². The van der Waals surface area contributed by atoms with Crippen molar-refractivity contribution < 1.29 is 4.74 Å². The van der Waals surface area contributed by atoms with Crippen molar-refractivity contribution in [2.45, 2.75) is 33.1 Å². The number of ether oxygens (including phenoxy) is 1. The highest BCUT2D eigenvalue weighted by Gasteiger charge is 2.26. The summed E-state index contributed by atoms with van der Waals surface area (Å²) in [6.07, 6.45) is 3.45. The first-order valence-corrected chi connectivity index (χ1v) is 12.8. The van der Waals surface area contributed by atoms with Crippen molar-refractivity contribution in [2.24, 2.45) is 5.92 Å². The zero-order chi connectivity index (χ0) is 22.8. The highest BCUT2D eigenvalue weighted by atomic mass is 35.5. The molecule has 0 radical (unpaired) electrons. The molecule has 0 aliphatic carbocycles. The van der Waals surface area contributed by atoms with Crippen LogP contribution in [0.2, 0.25) is 5.28 Å². The number of benzene rings is 2. The van der Waals surface area contributed by atoms with Crippen LogP contribution in [-0.4, -0.2) is 29.7 Å². The third-order valence-corrected chi connectivity index (χ3v) is 7.58. The molecule has 1 fully saturated rings. The fourth-order valence-corrected chi connectivity index (χ4v) is 6.08. The maximum atomic E-state index is 6.38. The number of hydrogen-bond acceptors (Lipinski definition) is 5. The van der Waals surface area contributed by atoms with Gasteiger partial charge in [0.05, 0.1) is 12.0 Å². The first-order valence-electron chi connectivity index (χ1n) is 11.6. The van der Waals surface area contributed by atoms with E-state index in [0.717, 1.165) is 59.7 Å². The molecule has 170 valence electrons. The molecular weight excluding hydrogens is 450 g/mol. The Morgan fingerprint density at radius 1 is 1.03 bits per heavy atom. The molecule has 6 heteroatoms. The van der Waals surface area contributed by atoms with E-state index < -0.39 is 0 Å². The summed E-state index contributed by atoms with van der Waals surface area (Å²) < 4.78 is 5.64. The van der Waals surface area contributed by atoms with Gasteiger partial charge in [-0.25, -0.2) is 4.98 Å². The lowest BCUT2D eigenvalue weighted by atomic mass is 9.90. The molecule has 0 amide bonds. The molecule has 4 nitrogen and oxygen atoms in total. The zero-order valence-corrected chi connectivity index (χ0v) is 20.6. The van der Waals surface area contributed by atoms with Gasteiger partial charge in [-0.1, -0.05) is 42.5 Å². The predicted octanol–water partition coefficient (Wildman–Crippen LogP) is 7.18. The molecule has 1 aliphatic rings. The molecule has 1 saturated heterocycles. The molecule has 0 unspecified atom stereocenters. The summed E-state index contributed by atoms with van der Waals surface area (Å²) in [5, 5.41) is 1.44. The Kier molecular flexibility index (Phi) is 6.52. The van der Waals surface area contributed by atoms with E-state index in [1.165, 1.54) is 16.0 Å². The normalized spacial score (nSPS) is 14.7.